The zero-order valence-electron chi connectivity index (χ0n) is 15.2. The number of aromatic nitrogens is 6. The summed E-state index contributed by atoms with van der Waals surface area (Å²) in [5, 5.41) is 18.3. The Hall–Kier alpha value is -2.68. The summed E-state index contributed by atoms with van der Waals surface area (Å²) >= 11 is 0. The summed E-state index contributed by atoms with van der Waals surface area (Å²) in [5.74, 6) is 1.68. The first-order chi connectivity index (χ1) is 12.6. The zero-order chi connectivity index (χ0) is 18.1. The molecular formula is C17H24N8O. The van der Waals surface area contributed by atoms with Gasteiger partial charge in [0.05, 0.1) is 18.5 Å². The van der Waals surface area contributed by atoms with Crippen LogP contribution in [0.5, 0.6) is 5.88 Å². The molecular weight excluding hydrogens is 332 g/mol. The monoisotopic (exact) mass is 356 g/mol. The van der Waals surface area contributed by atoms with Crippen molar-refractivity contribution in [1.29, 1.82) is 0 Å². The quantitative estimate of drug-likeness (QED) is 0.639. The van der Waals surface area contributed by atoms with E-state index in [1.165, 1.54) is 0 Å². The molecule has 1 saturated heterocycles. The van der Waals surface area contributed by atoms with E-state index in [0.29, 0.717) is 35.1 Å². The molecule has 9 nitrogen and oxygen atoms in total. The van der Waals surface area contributed by atoms with Crippen LogP contribution in [0.1, 0.15) is 27.2 Å². The van der Waals surface area contributed by atoms with Crippen LogP contribution < -0.4 is 15.4 Å². The fourth-order valence-electron chi connectivity index (χ4n) is 3.20. The van der Waals surface area contributed by atoms with Gasteiger partial charge in [0.2, 0.25) is 11.8 Å². The topological polar surface area (TPSA) is 105 Å². The van der Waals surface area contributed by atoms with E-state index < -0.39 is 0 Å². The number of hydrogen-bond donors (Lipinski definition) is 3. The molecule has 4 rings (SSSR count). The summed E-state index contributed by atoms with van der Waals surface area (Å²) in [5.41, 5.74) is 2.18. The van der Waals surface area contributed by atoms with Crippen LogP contribution in [0, 0.1) is 5.92 Å². The normalized spacial score (nSPS) is 20.6. The maximum absolute atomic E-state index is 6.03. The van der Waals surface area contributed by atoms with Crippen LogP contribution in [0.25, 0.3) is 16.9 Å². The molecule has 3 aromatic rings. The Balaban J connectivity index is 1.72. The van der Waals surface area contributed by atoms with Crippen molar-refractivity contribution in [2.45, 2.75) is 39.3 Å². The second-order valence-electron chi connectivity index (χ2n) is 6.99. The molecule has 1 fully saturated rings. The lowest BCUT2D eigenvalue weighted by atomic mass is 9.95. The Kier molecular flexibility index (Phi) is 4.46. The van der Waals surface area contributed by atoms with E-state index in [1.807, 2.05) is 13.8 Å². The lowest BCUT2D eigenvalue weighted by Crippen LogP contribution is -2.42. The molecule has 9 heteroatoms. The number of ether oxygens (including phenoxy) is 1. The van der Waals surface area contributed by atoms with Crippen LogP contribution in [0.4, 0.5) is 5.95 Å². The average Bonchev–Trinajstić information content (AvgIpc) is 3.26. The molecule has 4 heterocycles. The Morgan fingerprint density at radius 3 is 2.96 bits per heavy atom. The minimum absolute atomic E-state index is 0.0156. The molecule has 0 radical (unpaired) electrons. The van der Waals surface area contributed by atoms with Crippen molar-refractivity contribution in [2.75, 3.05) is 18.4 Å². The molecule has 0 aromatic carbocycles. The van der Waals surface area contributed by atoms with Crippen molar-refractivity contribution in [3.05, 3.63) is 18.6 Å². The minimum atomic E-state index is -0.0156. The molecule has 1 aliphatic heterocycles. The minimum Gasteiger partial charge on any atom is -0.473 e. The van der Waals surface area contributed by atoms with E-state index >= 15 is 0 Å². The average molecular weight is 356 g/mol. The number of anilines is 1. The van der Waals surface area contributed by atoms with Crippen LogP contribution in [-0.4, -0.2) is 55.0 Å². The van der Waals surface area contributed by atoms with Gasteiger partial charge in [0.25, 0.3) is 0 Å². The number of H-pyrrole nitrogens is 1. The molecule has 3 aromatic heterocycles. The van der Waals surface area contributed by atoms with Crippen molar-refractivity contribution >= 4 is 11.6 Å². The maximum Gasteiger partial charge on any atom is 0.244 e. The summed E-state index contributed by atoms with van der Waals surface area (Å²) in [4.78, 5) is 9.12. The highest BCUT2D eigenvalue weighted by atomic mass is 16.5. The SMILES string of the molecule is CC(C)Oc1c(-c2cn[nH]c2)ncc2nc(N[C@H]3CCNC[C@H]3C)nn12. The number of nitrogens with zero attached hydrogens (tertiary/aromatic N) is 5. The molecule has 138 valence electrons. The number of rotatable bonds is 5. The van der Waals surface area contributed by atoms with Crippen molar-refractivity contribution < 1.29 is 4.74 Å². The Labute approximate surface area is 151 Å². The molecule has 0 aliphatic carbocycles. The highest BCUT2D eigenvalue weighted by Crippen LogP contribution is 2.29. The number of aromatic amines is 1. The highest BCUT2D eigenvalue weighted by molar-refractivity contribution is 5.65. The molecule has 1 aliphatic rings. The van der Waals surface area contributed by atoms with Gasteiger partial charge in [0.1, 0.15) is 5.69 Å². The molecule has 0 unspecified atom stereocenters. The third kappa shape index (κ3) is 3.22. The summed E-state index contributed by atoms with van der Waals surface area (Å²) in [6.07, 6.45) is 6.24. The smallest absolute Gasteiger partial charge is 0.244 e. The predicted molar refractivity (Wildman–Crippen MR) is 98.2 cm³/mol. The summed E-state index contributed by atoms with van der Waals surface area (Å²) in [6.45, 7) is 8.18. The predicted octanol–water partition coefficient (Wildman–Crippen LogP) is 1.71. The van der Waals surface area contributed by atoms with Crippen molar-refractivity contribution in [3.8, 4) is 17.1 Å². The van der Waals surface area contributed by atoms with Crippen LogP contribution in [-0.2, 0) is 0 Å². The molecule has 3 N–H and O–H groups in total. The van der Waals surface area contributed by atoms with E-state index in [9.17, 15) is 0 Å². The van der Waals surface area contributed by atoms with E-state index in [4.69, 9.17) is 4.74 Å². The number of nitrogens with one attached hydrogen (secondary N) is 3. The van der Waals surface area contributed by atoms with E-state index in [1.54, 1.807) is 23.1 Å². The third-order valence-electron chi connectivity index (χ3n) is 4.56. The number of fused-ring (bicyclic) bond motifs is 1. The Bertz CT molecular complexity index is 872. The van der Waals surface area contributed by atoms with Crippen LogP contribution in [0.2, 0.25) is 0 Å². The van der Waals surface area contributed by atoms with Gasteiger partial charge < -0.3 is 15.4 Å². The van der Waals surface area contributed by atoms with E-state index in [0.717, 1.165) is 25.1 Å². The van der Waals surface area contributed by atoms with Gasteiger partial charge >= 0.3 is 0 Å². The fraction of sp³-hybridized carbons (Fsp3) is 0.529. The van der Waals surface area contributed by atoms with Gasteiger partial charge in [-0.3, -0.25) is 5.10 Å². The Morgan fingerprint density at radius 2 is 2.23 bits per heavy atom. The van der Waals surface area contributed by atoms with Gasteiger partial charge in [-0.1, -0.05) is 6.92 Å². The lowest BCUT2D eigenvalue weighted by molar-refractivity contribution is 0.227. The van der Waals surface area contributed by atoms with Crippen molar-refractivity contribution in [1.82, 2.24) is 35.1 Å². The van der Waals surface area contributed by atoms with Crippen LogP contribution in [0.3, 0.4) is 0 Å². The zero-order valence-corrected chi connectivity index (χ0v) is 15.2. The molecule has 0 spiro atoms. The van der Waals surface area contributed by atoms with Crippen LogP contribution in [0.15, 0.2) is 18.6 Å². The molecule has 26 heavy (non-hydrogen) atoms. The summed E-state index contributed by atoms with van der Waals surface area (Å²) in [7, 11) is 0. The summed E-state index contributed by atoms with van der Waals surface area (Å²) in [6, 6.07) is 0.351. The second-order valence-corrected chi connectivity index (χ2v) is 6.99. The van der Waals surface area contributed by atoms with Crippen molar-refractivity contribution in [3.63, 3.8) is 0 Å². The summed E-state index contributed by atoms with van der Waals surface area (Å²) < 4.78 is 7.74. The van der Waals surface area contributed by atoms with Gasteiger partial charge in [-0.15, -0.1) is 5.10 Å². The Morgan fingerprint density at radius 1 is 1.35 bits per heavy atom. The van der Waals surface area contributed by atoms with Gasteiger partial charge in [-0.05, 0) is 39.3 Å². The standard InChI is InChI=1S/C17H24N8O/c1-10(2)26-16-15(12-7-20-21-8-12)19-9-14-23-17(24-25(14)16)22-13-4-5-18-6-11(13)3/h7-11,13,18H,4-6H2,1-3H3,(H,20,21)(H,22,24)/t11-,13+/m1/s1. The highest BCUT2D eigenvalue weighted by Gasteiger charge is 2.23. The first-order valence-corrected chi connectivity index (χ1v) is 9.00. The van der Waals surface area contributed by atoms with Gasteiger partial charge in [0, 0.05) is 17.8 Å². The number of hydrogen-bond acceptors (Lipinski definition) is 7. The fourth-order valence-corrected chi connectivity index (χ4v) is 3.20. The van der Waals surface area contributed by atoms with E-state index in [-0.39, 0.29) is 6.10 Å². The van der Waals surface area contributed by atoms with Gasteiger partial charge in [-0.25, -0.2) is 4.98 Å². The first kappa shape index (κ1) is 16.8. The third-order valence-corrected chi connectivity index (χ3v) is 4.56. The van der Waals surface area contributed by atoms with Crippen LogP contribution >= 0.6 is 0 Å². The van der Waals surface area contributed by atoms with Crippen molar-refractivity contribution in [2.24, 2.45) is 5.92 Å². The van der Waals surface area contributed by atoms with Gasteiger partial charge in [0.15, 0.2) is 5.65 Å². The molecule has 0 amide bonds. The van der Waals surface area contributed by atoms with Gasteiger partial charge in [-0.2, -0.15) is 14.6 Å². The largest absolute Gasteiger partial charge is 0.473 e. The maximum atomic E-state index is 6.03. The molecule has 2 atom stereocenters. The first-order valence-electron chi connectivity index (χ1n) is 9.00. The number of piperidine rings is 1. The molecule has 0 bridgehead atoms. The van der Waals surface area contributed by atoms with E-state index in [2.05, 4.69) is 42.8 Å². The molecule has 0 saturated carbocycles. The lowest BCUT2D eigenvalue weighted by Gasteiger charge is -2.29. The second kappa shape index (κ2) is 6.91.